The van der Waals surface area contributed by atoms with Crippen molar-refractivity contribution in [3.05, 3.63) is 59.6 Å². The summed E-state index contributed by atoms with van der Waals surface area (Å²) >= 11 is 0. The molecule has 0 saturated carbocycles. The number of carbonyl (C=O) groups is 1. The Kier molecular flexibility index (Phi) is 6.52. The number of rotatable bonds is 7. The lowest BCUT2D eigenvalue weighted by Crippen LogP contribution is -2.34. The highest BCUT2D eigenvalue weighted by Crippen LogP contribution is 2.25. The number of carbonyl (C=O) groups excluding carboxylic acids is 1. The third-order valence-corrected chi connectivity index (χ3v) is 5.10. The second-order valence-electron chi connectivity index (χ2n) is 7.23. The molecule has 4 rings (SSSR count). The zero-order valence-corrected chi connectivity index (χ0v) is 17.7. The largest absolute Gasteiger partial charge is 0.494 e. The van der Waals surface area contributed by atoms with Gasteiger partial charge < -0.3 is 23.9 Å². The van der Waals surface area contributed by atoms with Gasteiger partial charge in [-0.15, -0.1) is 0 Å². The molecule has 7 nitrogen and oxygen atoms in total. The Morgan fingerprint density at radius 2 is 2.06 bits per heavy atom. The van der Waals surface area contributed by atoms with E-state index in [0.717, 1.165) is 30.6 Å². The Bertz CT molecular complexity index is 1120. The summed E-state index contributed by atoms with van der Waals surface area (Å²) in [5.41, 5.74) is 1.75. The molecule has 1 saturated heterocycles. The quantitative estimate of drug-likeness (QED) is 0.623. The van der Waals surface area contributed by atoms with Gasteiger partial charge in [-0.2, -0.15) is 0 Å². The van der Waals surface area contributed by atoms with Crippen LogP contribution in [-0.4, -0.2) is 38.9 Å². The van der Waals surface area contributed by atoms with Crippen molar-refractivity contribution in [1.82, 2.24) is 5.32 Å². The Labute approximate surface area is 180 Å². The molecule has 0 spiro atoms. The minimum Gasteiger partial charge on any atom is -0.494 e. The Balaban J connectivity index is 1.74. The van der Waals surface area contributed by atoms with Gasteiger partial charge in [0.25, 0.3) is 5.91 Å². The monoisotopic (exact) mass is 422 g/mol. The van der Waals surface area contributed by atoms with E-state index in [4.69, 9.17) is 18.6 Å². The van der Waals surface area contributed by atoms with Gasteiger partial charge in [-0.05, 0) is 56.2 Å². The van der Waals surface area contributed by atoms with Crippen LogP contribution in [0.1, 0.15) is 30.1 Å². The minimum absolute atomic E-state index is 0.0490. The third kappa shape index (κ3) is 4.88. The summed E-state index contributed by atoms with van der Waals surface area (Å²) in [4.78, 5) is 17.6. The Morgan fingerprint density at radius 1 is 1.23 bits per heavy atom. The second kappa shape index (κ2) is 9.66. The SMILES string of the molecule is CCOc1ccc(N=c2oc3c(OC)cccc3cc2C(=O)NCC2CCCO2)cc1. The van der Waals surface area contributed by atoms with Crippen LogP contribution in [0.4, 0.5) is 5.69 Å². The van der Waals surface area contributed by atoms with Crippen molar-refractivity contribution in [2.24, 2.45) is 4.99 Å². The van der Waals surface area contributed by atoms with Crippen LogP contribution >= 0.6 is 0 Å². The zero-order valence-electron chi connectivity index (χ0n) is 17.7. The highest BCUT2D eigenvalue weighted by molar-refractivity contribution is 5.97. The summed E-state index contributed by atoms with van der Waals surface area (Å²) < 4.78 is 22.6. The maximum atomic E-state index is 13.0. The molecular formula is C24H26N2O5. The molecule has 2 aromatic carbocycles. The van der Waals surface area contributed by atoms with E-state index >= 15 is 0 Å². The molecule has 162 valence electrons. The zero-order chi connectivity index (χ0) is 21.6. The molecule has 0 aliphatic carbocycles. The van der Waals surface area contributed by atoms with Crippen LogP contribution in [0, 0.1) is 0 Å². The van der Waals surface area contributed by atoms with Gasteiger partial charge >= 0.3 is 0 Å². The molecule has 1 aliphatic heterocycles. The van der Waals surface area contributed by atoms with E-state index in [1.165, 1.54) is 0 Å². The molecule has 1 aliphatic rings. The van der Waals surface area contributed by atoms with Gasteiger partial charge in [0.2, 0.25) is 5.55 Å². The first-order valence-electron chi connectivity index (χ1n) is 10.5. The van der Waals surface area contributed by atoms with Gasteiger partial charge in [0.1, 0.15) is 11.3 Å². The molecule has 1 fully saturated rings. The summed E-state index contributed by atoms with van der Waals surface area (Å²) in [5, 5.41) is 3.71. The molecule has 3 aromatic rings. The van der Waals surface area contributed by atoms with Gasteiger partial charge in [-0.3, -0.25) is 4.79 Å². The van der Waals surface area contributed by atoms with Crippen molar-refractivity contribution in [2.45, 2.75) is 25.9 Å². The summed E-state index contributed by atoms with van der Waals surface area (Å²) in [7, 11) is 1.58. The molecule has 0 bridgehead atoms. The molecular weight excluding hydrogens is 396 g/mol. The predicted octanol–water partition coefficient (Wildman–Crippen LogP) is 3.98. The molecule has 7 heteroatoms. The minimum atomic E-state index is -0.256. The number of nitrogens with zero attached hydrogens (tertiary/aromatic N) is 1. The van der Waals surface area contributed by atoms with E-state index in [0.29, 0.717) is 35.7 Å². The van der Waals surface area contributed by atoms with Crippen molar-refractivity contribution in [1.29, 1.82) is 0 Å². The number of fused-ring (bicyclic) bond motifs is 1. The van der Waals surface area contributed by atoms with E-state index in [9.17, 15) is 4.79 Å². The number of benzene rings is 2. The van der Waals surface area contributed by atoms with Crippen molar-refractivity contribution < 1.29 is 23.4 Å². The predicted molar refractivity (Wildman–Crippen MR) is 117 cm³/mol. The molecule has 1 amide bonds. The summed E-state index contributed by atoms with van der Waals surface area (Å²) in [6.45, 7) is 3.72. The fourth-order valence-electron chi connectivity index (χ4n) is 3.54. The number of amides is 1. The molecule has 2 heterocycles. The highest BCUT2D eigenvalue weighted by Gasteiger charge is 2.19. The lowest BCUT2D eigenvalue weighted by Gasteiger charge is -2.12. The number of methoxy groups -OCH3 is 1. The fourth-order valence-corrected chi connectivity index (χ4v) is 3.54. The first-order chi connectivity index (χ1) is 15.2. The molecule has 1 atom stereocenters. The van der Waals surface area contributed by atoms with E-state index < -0.39 is 0 Å². The first-order valence-corrected chi connectivity index (χ1v) is 10.5. The van der Waals surface area contributed by atoms with Crippen LogP contribution in [-0.2, 0) is 4.74 Å². The van der Waals surface area contributed by atoms with E-state index in [2.05, 4.69) is 10.3 Å². The standard InChI is InChI=1S/C24H26N2O5/c1-3-29-18-11-9-17(10-12-18)26-24-20(23(27)25-15-19-7-5-13-30-19)14-16-6-4-8-21(28-2)22(16)31-24/h4,6,8-12,14,19H,3,5,7,13,15H2,1-2H3,(H,25,27). The number of hydrogen-bond acceptors (Lipinski definition) is 6. The van der Waals surface area contributed by atoms with Crippen LogP contribution in [0.3, 0.4) is 0 Å². The smallest absolute Gasteiger partial charge is 0.256 e. The molecule has 31 heavy (non-hydrogen) atoms. The lowest BCUT2D eigenvalue weighted by atomic mass is 10.1. The first kappa shape index (κ1) is 20.9. The highest BCUT2D eigenvalue weighted by atomic mass is 16.5. The van der Waals surface area contributed by atoms with Gasteiger partial charge in [-0.25, -0.2) is 4.99 Å². The second-order valence-corrected chi connectivity index (χ2v) is 7.23. The Hall–Kier alpha value is -3.32. The van der Waals surface area contributed by atoms with Crippen LogP contribution in [0.15, 0.2) is 57.9 Å². The van der Waals surface area contributed by atoms with Crippen LogP contribution in [0.25, 0.3) is 11.0 Å². The molecule has 1 N–H and O–H groups in total. The number of hydrogen-bond donors (Lipinski definition) is 1. The van der Waals surface area contributed by atoms with Gasteiger partial charge in [0.05, 0.1) is 25.5 Å². The maximum absolute atomic E-state index is 13.0. The van der Waals surface area contributed by atoms with E-state index in [1.54, 1.807) is 13.2 Å². The van der Waals surface area contributed by atoms with Crippen molar-refractivity contribution in [3.8, 4) is 11.5 Å². The van der Waals surface area contributed by atoms with E-state index in [1.807, 2.05) is 49.4 Å². The van der Waals surface area contributed by atoms with Gasteiger partial charge in [-0.1, -0.05) is 12.1 Å². The Morgan fingerprint density at radius 3 is 2.77 bits per heavy atom. The number of ether oxygens (including phenoxy) is 3. The number of para-hydroxylation sites is 1. The normalized spacial score (nSPS) is 16.5. The summed E-state index contributed by atoms with van der Waals surface area (Å²) in [5.74, 6) is 1.08. The average Bonchev–Trinajstić information content (AvgIpc) is 3.32. The topological polar surface area (TPSA) is 82.3 Å². The summed E-state index contributed by atoms with van der Waals surface area (Å²) in [6.07, 6.45) is 2.01. The molecule has 1 aromatic heterocycles. The van der Waals surface area contributed by atoms with Gasteiger partial charge in [0.15, 0.2) is 11.3 Å². The van der Waals surface area contributed by atoms with Crippen molar-refractivity contribution in [3.63, 3.8) is 0 Å². The molecule has 0 radical (unpaired) electrons. The number of nitrogens with one attached hydrogen (secondary N) is 1. The van der Waals surface area contributed by atoms with Crippen molar-refractivity contribution >= 4 is 22.6 Å². The van der Waals surface area contributed by atoms with Crippen LogP contribution in [0.2, 0.25) is 0 Å². The fraction of sp³-hybridized carbons (Fsp3) is 0.333. The van der Waals surface area contributed by atoms with Crippen molar-refractivity contribution in [2.75, 3.05) is 26.9 Å². The third-order valence-electron chi connectivity index (χ3n) is 5.10. The maximum Gasteiger partial charge on any atom is 0.256 e. The van der Waals surface area contributed by atoms with E-state index in [-0.39, 0.29) is 17.6 Å². The molecule has 1 unspecified atom stereocenters. The van der Waals surface area contributed by atoms with Crippen LogP contribution in [0.5, 0.6) is 11.5 Å². The van der Waals surface area contributed by atoms with Crippen LogP contribution < -0.4 is 20.3 Å². The summed E-state index contributed by atoms with van der Waals surface area (Å²) in [6, 6.07) is 14.6. The van der Waals surface area contributed by atoms with Gasteiger partial charge in [0, 0.05) is 18.5 Å². The average molecular weight is 422 g/mol. The lowest BCUT2D eigenvalue weighted by molar-refractivity contribution is 0.0854.